The molecule has 0 aliphatic heterocycles. The van der Waals surface area contributed by atoms with E-state index in [2.05, 4.69) is 16.0 Å². The second-order valence-corrected chi connectivity index (χ2v) is 4.66. The lowest BCUT2D eigenvalue weighted by Crippen LogP contribution is -1.83. The smallest absolute Gasteiger partial charge is 0.152 e. The summed E-state index contributed by atoms with van der Waals surface area (Å²) in [6, 6.07) is 9.43. The first-order valence-corrected chi connectivity index (χ1v) is 6.21. The number of hydrogen-bond acceptors (Lipinski definition) is 4. The Kier molecular flexibility index (Phi) is 2.50. The quantitative estimate of drug-likeness (QED) is 0.765. The van der Waals surface area contributed by atoms with Gasteiger partial charge in [-0.25, -0.2) is 4.98 Å². The Morgan fingerprint density at radius 1 is 1.39 bits per heavy atom. The van der Waals surface area contributed by atoms with Gasteiger partial charge < -0.3 is 9.72 Å². The van der Waals surface area contributed by atoms with Crippen molar-refractivity contribution in [2.75, 3.05) is 7.11 Å². The van der Waals surface area contributed by atoms with Gasteiger partial charge in [-0.15, -0.1) is 11.3 Å². The number of nitriles is 1. The van der Waals surface area contributed by atoms with Crippen molar-refractivity contribution in [3.8, 4) is 22.5 Å². The third-order valence-electron chi connectivity index (χ3n) is 2.68. The zero-order chi connectivity index (χ0) is 12.5. The molecule has 3 aromatic rings. The van der Waals surface area contributed by atoms with E-state index in [-0.39, 0.29) is 0 Å². The summed E-state index contributed by atoms with van der Waals surface area (Å²) in [5.41, 5.74) is 2.33. The van der Waals surface area contributed by atoms with Crippen LogP contribution in [0.4, 0.5) is 0 Å². The fraction of sp³-hybridized carbons (Fsp3) is 0.0769. The van der Waals surface area contributed by atoms with Gasteiger partial charge in [-0.05, 0) is 29.6 Å². The molecule has 0 fully saturated rings. The maximum Gasteiger partial charge on any atom is 0.152 e. The van der Waals surface area contributed by atoms with Gasteiger partial charge in [0.15, 0.2) is 5.82 Å². The highest BCUT2D eigenvalue weighted by Crippen LogP contribution is 2.34. The van der Waals surface area contributed by atoms with Crippen molar-refractivity contribution in [2.24, 2.45) is 0 Å². The molecule has 18 heavy (non-hydrogen) atoms. The fourth-order valence-corrected chi connectivity index (χ4v) is 2.62. The normalized spacial score (nSPS) is 10.4. The lowest BCUT2D eigenvalue weighted by Gasteiger charge is -1.97. The second-order valence-electron chi connectivity index (χ2n) is 3.75. The molecule has 88 valence electrons. The van der Waals surface area contributed by atoms with E-state index in [0.29, 0.717) is 5.56 Å². The first kappa shape index (κ1) is 10.8. The summed E-state index contributed by atoms with van der Waals surface area (Å²) in [5, 5.41) is 10.8. The van der Waals surface area contributed by atoms with Crippen molar-refractivity contribution in [3.63, 3.8) is 0 Å². The minimum atomic E-state index is 0.621. The molecule has 5 heteroatoms. The number of H-pyrrole nitrogens is 1. The highest BCUT2D eigenvalue weighted by atomic mass is 32.1. The number of nitrogens with one attached hydrogen (secondary N) is 1. The lowest BCUT2D eigenvalue weighted by molar-refractivity contribution is 0.418. The van der Waals surface area contributed by atoms with E-state index in [4.69, 9.17) is 10.00 Å². The van der Waals surface area contributed by atoms with Gasteiger partial charge in [-0.2, -0.15) is 5.26 Å². The van der Waals surface area contributed by atoms with Crippen molar-refractivity contribution in [1.29, 1.82) is 5.26 Å². The molecule has 0 aliphatic carbocycles. The first-order valence-electron chi connectivity index (χ1n) is 5.33. The van der Waals surface area contributed by atoms with E-state index in [9.17, 15) is 0 Å². The van der Waals surface area contributed by atoms with Gasteiger partial charge in [0.2, 0.25) is 0 Å². The Morgan fingerprint density at radius 2 is 2.28 bits per heavy atom. The topological polar surface area (TPSA) is 61.7 Å². The molecule has 0 spiro atoms. The van der Waals surface area contributed by atoms with E-state index in [1.807, 2.05) is 17.5 Å². The summed E-state index contributed by atoms with van der Waals surface area (Å²) in [4.78, 5) is 8.69. The van der Waals surface area contributed by atoms with Crippen LogP contribution in [0.15, 0.2) is 29.6 Å². The number of nitrogens with zero attached hydrogens (tertiary/aromatic N) is 2. The summed E-state index contributed by atoms with van der Waals surface area (Å²) in [5.74, 6) is 1.58. The highest BCUT2D eigenvalue weighted by Gasteiger charge is 2.12. The molecular weight excluding hydrogens is 246 g/mol. The van der Waals surface area contributed by atoms with Gasteiger partial charge in [0, 0.05) is 0 Å². The Balaban J connectivity index is 2.17. The molecule has 0 saturated heterocycles. The van der Waals surface area contributed by atoms with Crippen molar-refractivity contribution in [3.05, 3.63) is 35.2 Å². The molecule has 1 N–H and O–H groups in total. The summed E-state index contributed by atoms with van der Waals surface area (Å²) >= 11 is 1.57. The zero-order valence-electron chi connectivity index (χ0n) is 9.60. The van der Waals surface area contributed by atoms with Crippen molar-refractivity contribution >= 4 is 22.4 Å². The number of rotatable bonds is 2. The summed E-state index contributed by atoms with van der Waals surface area (Å²) in [7, 11) is 1.64. The SMILES string of the molecule is COc1ccsc1-c1nc2ccc(C#N)cc2[nH]1. The van der Waals surface area contributed by atoms with Crippen LogP contribution in [0.1, 0.15) is 5.56 Å². The van der Waals surface area contributed by atoms with Crippen LogP contribution < -0.4 is 4.74 Å². The number of hydrogen-bond donors (Lipinski definition) is 1. The molecule has 0 bridgehead atoms. The van der Waals surface area contributed by atoms with Gasteiger partial charge in [-0.3, -0.25) is 0 Å². The van der Waals surface area contributed by atoms with Crippen LogP contribution >= 0.6 is 11.3 Å². The lowest BCUT2D eigenvalue weighted by atomic mass is 10.2. The maximum absolute atomic E-state index is 8.87. The minimum Gasteiger partial charge on any atom is -0.495 e. The predicted octanol–water partition coefficient (Wildman–Crippen LogP) is 3.17. The van der Waals surface area contributed by atoms with Crippen LogP contribution in [0.5, 0.6) is 5.75 Å². The molecule has 3 rings (SSSR count). The molecular formula is C13H9N3OS. The third-order valence-corrected chi connectivity index (χ3v) is 3.58. The number of ether oxygens (including phenoxy) is 1. The monoisotopic (exact) mass is 255 g/mol. The average molecular weight is 255 g/mol. The van der Waals surface area contributed by atoms with Crippen LogP contribution in [0.25, 0.3) is 21.7 Å². The Labute approximate surface area is 107 Å². The van der Waals surface area contributed by atoms with E-state index in [0.717, 1.165) is 27.5 Å². The average Bonchev–Trinajstić information content (AvgIpc) is 3.03. The van der Waals surface area contributed by atoms with Crippen molar-refractivity contribution in [2.45, 2.75) is 0 Å². The first-order chi connectivity index (χ1) is 8.81. The maximum atomic E-state index is 8.87. The Bertz CT molecular complexity index is 751. The third kappa shape index (κ3) is 1.63. The van der Waals surface area contributed by atoms with Crippen molar-refractivity contribution in [1.82, 2.24) is 9.97 Å². The standard InChI is InChI=1S/C13H9N3OS/c1-17-11-4-5-18-12(11)13-15-9-3-2-8(7-14)6-10(9)16-13/h2-6H,1H3,(H,15,16). The molecule has 0 unspecified atom stereocenters. The van der Waals surface area contributed by atoms with Crippen LogP contribution in [0.2, 0.25) is 0 Å². The Morgan fingerprint density at radius 3 is 3.06 bits per heavy atom. The number of imidazole rings is 1. The predicted molar refractivity (Wildman–Crippen MR) is 70.7 cm³/mol. The summed E-state index contributed by atoms with van der Waals surface area (Å²) in [6.07, 6.45) is 0. The van der Waals surface area contributed by atoms with E-state index in [1.54, 1.807) is 30.6 Å². The molecule has 0 aliphatic rings. The van der Waals surface area contributed by atoms with Gasteiger partial charge in [-0.1, -0.05) is 0 Å². The number of aromatic nitrogens is 2. The molecule has 0 atom stereocenters. The highest BCUT2D eigenvalue weighted by molar-refractivity contribution is 7.13. The number of thiophene rings is 1. The molecule has 0 amide bonds. The largest absolute Gasteiger partial charge is 0.495 e. The van der Waals surface area contributed by atoms with Crippen LogP contribution in [0, 0.1) is 11.3 Å². The number of methoxy groups -OCH3 is 1. The van der Waals surface area contributed by atoms with E-state index >= 15 is 0 Å². The summed E-state index contributed by atoms with van der Waals surface area (Å²) < 4.78 is 5.28. The summed E-state index contributed by atoms with van der Waals surface area (Å²) in [6.45, 7) is 0. The van der Waals surface area contributed by atoms with Gasteiger partial charge in [0.25, 0.3) is 0 Å². The molecule has 2 aromatic heterocycles. The van der Waals surface area contributed by atoms with E-state index < -0.39 is 0 Å². The van der Waals surface area contributed by atoms with Gasteiger partial charge in [0.05, 0.1) is 29.8 Å². The number of aromatic amines is 1. The minimum absolute atomic E-state index is 0.621. The fourth-order valence-electron chi connectivity index (χ4n) is 1.82. The van der Waals surface area contributed by atoms with E-state index in [1.165, 1.54) is 0 Å². The molecule has 2 heterocycles. The van der Waals surface area contributed by atoms with Crippen LogP contribution in [-0.2, 0) is 0 Å². The molecule has 0 saturated carbocycles. The second kappa shape index (κ2) is 4.17. The van der Waals surface area contributed by atoms with Crippen LogP contribution in [-0.4, -0.2) is 17.1 Å². The van der Waals surface area contributed by atoms with Crippen molar-refractivity contribution < 1.29 is 4.74 Å². The molecule has 1 aromatic carbocycles. The van der Waals surface area contributed by atoms with Gasteiger partial charge in [0.1, 0.15) is 10.6 Å². The van der Waals surface area contributed by atoms with Crippen LogP contribution in [0.3, 0.4) is 0 Å². The molecule has 0 radical (unpaired) electrons. The Hall–Kier alpha value is -2.32. The number of benzene rings is 1. The van der Waals surface area contributed by atoms with Gasteiger partial charge >= 0.3 is 0 Å². The zero-order valence-corrected chi connectivity index (χ0v) is 10.4. The number of fused-ring (bicyclic) bond motifs is 1. The molecule has 4 nitrogen and oxygen atoms in total.